The van der Waals surface area contributed by atoms with Gasteiger partial charge in [0.15, 0.2) is 0 Å². The van der Waals surface area contributed by atoms with Crippen LogP contribution in [0.25, 0.3) is 0 Å². The lowest BCUT2D eigenvalue weighted by atomic mass is 10.1. The van der Waals surface area contributed by atoms with Crippen LogP contribution in [0, 0.1) is 0 Å². The van der Waals surface area contributed by atoms with Gasteiger partial charge in [0.05, 0.1) is 6.23 Å². The van der Waals surface area contributed by atoms with Gasteiger partial charge in [0.25, 0.3) is 0 Å². The van der Waals surface area contributed by atoms with Crippen molar-refractivity contribution >= 4 is 16.6 Å². The van der Waals surface area contributed by atoms with Crippen molar-refractivity contribution in [3.8, 4) is 0 Å². The predicted octanol–water partition coefficient (Wildman–Crippen LogP) is 1.42. The van der Waals surface area contributed by atoms with Gasteiger partial charge in [0.1, 0.15) is 8.07 Å². The van der Waals surface area contributed by atoms with Crippen molar-refractivity contribution in [3.05, 3.63) is 0 Å². The van der Waals surface area contributed by atoms with Crippen LogP contribution in [-0.4, -0.2) is 76.2 Å². The summed E-state index contributed by atoms with van der Waals surface area (Å²) in [4.78, 5) is 0. The highest BCUT2D eigenvalue weighted by atomic mass is 28.4. The zero-order chi connectivity index (χ0) is 18.5. The third-order valence-corrected chi connectivity index (χ3v) is 12.5. The Labute approximate surface area is 149 Å². The first-order valence-electron chi connectivity index (χ1n) is 9.07. The molecule has 1 atom stereocenters. The molecule has 1 unspecified atom stereocenters. The molecule has 0 radical (unpaired) electrons. The van der Waals surface area contributed by atoms with E-state index in [2.05, 4.69) is 6.92 Å². The van der Waals surface area contributed by atoms with Crippen molar-refractivity contribution in [1.29, 1.82) is 0 Å². The fourth-order valence-corrected chi connectivity index (χ4v) is 9.66. The van der Waals surface area contributed by atoms with E-state index in [1.54, 1.807) is 14.2 Å². The summed E-state index contributed by atoms with van der Waals surface area (Å²) in [5, 5.41) is 38.9. The zero-order valence-electron chi connectivity index (χ0n) is 15.7. The van der Waals surface area contributed by atoms with E-state index < -0.39 is 16.6 Å². The number of aliphatic hydroxyl groups excluding tert-OH is 4. The van der Waals surface area contributed by atoms with E-state index in [9.17, 15) is 20.4 Å². The van der Waals surface area contributed by atoms with Gasteiger partial charge in [-0.15, -0.1) is 0 Å². The molecule has 0 aromatic rings. The van der Waals surface area contributed by atoms with Gasteiger partial charge in [0.2, 0.25) is 0 Å². The highest BCUT2D eigenvalue weighted by Gasteiger charge is 2.48. The molecule has 0 saturated carbocycles. The molecule has 0 heterocycles. The summed E-state index contributed by atoms with van der Waals surface area (Å²) in [6, 6.07) is 0.514. The minimum Gasteiger partial charge on any atom is -0.399 e. The molecule has 8 heteroatoms. The largest absolute Gasteiger partial charge is 0.399 e. The maximum atomic E-state index is 9.87. The van der Waals surface area contributed by atoms with E-state index in [0.717, 1.165) is 19.3 Å². The molecule has 0 aliphatic heterocycles. The van der Waals surface area contributed by atoms with Gasteiger partial charge in [-0.05, 0) is 12.5 Å². The molecule has 0 amide bonds. The molecule has 0 aromatic heterocycles. The summed E-state index contributed by atoms with van der Waals surface area (Å²) >= 11 is 0. The molecule has 6 nitrogen and oxygen atoms in total. The molecule has 0 aliphatic carbocycles. The number of hydrogen-bond donors (Lipinski definition) is 4. The minimum atomic E-state index is -2.82. The number of aliphatic hydroxyl groups is 4. The Hall–Kier alpha value is 0.194. The highest BCUT2D eigenvalue weighted by molar-refractivity contribution is 6.82. The van der Waals surface area contributed by atoms with E-state index in [1.807, 2.05) is 0 Å². The van der Waals surface area contributed by atoms with Crippen molar-refractivity contribution < 1.29 is 29.3 Å². The van der Waals surface area contributed by atoms with Gasteiger partial charge in [-0.1, -0.05) is 45.4 Å². The maximum absolute atomic E-state index is 9.87. The molecule has 0 aliphatic rings. The number of unbranched alkanes of at least 4 members (excludes halogenated alkanes) is 5. The lowest BCUT2D eigenvalue weighted by molar-refractivity contribution is 0.184. The Bertz CT molecular complexity index is 282. The van der Waals surface area contributed by atoms with E-state index in [0.29, 0.717) is 6.04 Å². The second kappa shape index (κ2) is 13.4. The molecule has 4 N–H and O–H groups in total. The Kier molecular flexibility index (Phi) is 13.5. The molecular weight excluding hydrogens is 344 g/mol. The van der Waals surface area contributed by atoms with Gasteiger partial charge in [-0.3, -0.25) is 0 Å². The fourth-order valence-electron chi connectivity index (χ4n) is 3.19. The van der Waals surface area contributed by atoms with Crippen molar-refractivity contribution in [1.82, 2.24) is 0 Å². The summed E-state index contributed by atoms with van der Waals surface area (Å²) in [7, 11) is -2.30. The minimum absolute atomic E-state index is 0.0400. The summed E-state index contributed by atoms with van der Waals surface area (Å²) in [5.41, 5.74) is -0.0400. The SMILES string of the molecule is CCCCCCCCC(C[Si](CO)(CO)CO)[Si](CO)(OC)OC. The van der Waals surface area contributed by atoms with Crippen LogP contribution in [0.5, 0.6) is 0 Å². The molecule has 24 heavy (non-hydrogen) atoms. The smallest absolute Gasteiger partial charge is 0.366 e. The number of rotatable bonds is 16. The van der Waals surface area contributed by atoms with Gasteiger partial charge in [-0.25, -0.2) is 0 Å². The van der Waals surface area contributed by atoms with Gasteiger partial charge < -0.3 is 29.3 Å². The Morgan fingerprint density at radius 1 is 0.750 bits per heavy atom. The summed E-state index contributed by atoms with van der Waals surface area (Å²) < 4.78 is 11.2. The molecule has 0 bridgehead atoms. The first kappa shape index (κ1) is 24.2. The van der Waals surface area contributed by atoms with Crippen LogP contribution in [0.15, 0.2) is 0 Å². The Morgan fingerprint density at radius 3 is 1.67 bits per heavy atom. The van der Waals surface area contributed by atoms with Crippen molar-refractivity contribution in [2.75, 3.05) is 39.1 Å². The van der Waals surface area contributed by atoms with E-state index in [-0.39, 0.29) is 30.5 Å². The van der Waals surface area contributed by atoms with Crippen molar-refractivity contribution in [3.63, 3.8) is 0 Å². The lowest BCUT2D eigenvalue weighted by Crippen LogP contribution is -2.56. The monoisotopic (exact) mass is 382 g/mol. The maximum Gasteiger partial charge on any atom is 0.366 e. The van der Waals surface area contributed by atoms with Gasteiger partial charge >= 0.3 is 8.56 Å². The molecular formula is C16H38O6Si2. The standard InChI is InChI=1S/C16H38O6Si2/c1-4-5-6-7-8-9-10-16(24(15-20,21-2)22-3)11-23(12-17,13-18)14-19/h16-20H,4-15H2,1-3H3. The second-order valence-electron chi connectivity index (χ2n) is 6.81. The first-order chi connectivity index (χ1) is 11.5. The summed E-state index contributed by atoms with van der Waals surface area (Å²) in [6.07, 6.45) is 7.18. The van der Waals surface area contributed by atoms with E-state index in [1.165, 1.54) is 25.7 Å². The third kappa shape index (κ3) is 7.21. The lowest BCUT2D eigenvalue weighted by Gasteiger charge is -2.38. The molecule has 0 rings (SSSR count). The summed E-state index contributed by atoms with van der Waals surface area (Å²) in [5.74, 6) is 0. The molecule has 0 fully saturated rings. The third-order valence-electron chi connectivity index (χ3n) is 5.13. The van der Waals surface area contributed by atoms with Crippen LogP contribution in [0.2, 0.25) is 11.6 Å². The van der Waals surface area contributed by atoms with Crippen LogP contribution in [0.1, 0.15) is 51.9 Å². The predicted molar refractivity (Wildman–Crippen MR) is 100 cm³/mol. The van der Waals surface area contributed by atoms with Crippen molar-refractivity contribution in [2.45, 2.75) is 63.5 Å². The van der Waals surface area contributed by atoms with Crippen LogP contribution in [-0.2, 0) is 8.85 Å². The average Bonchev–Trinajstić information content (AvgIpc) is 2.63. The molecule has 0 spiro atoms. The second-order valence-corrected chi connectivity index (χ2v) is 14.7. The highest BCUT2D eigenvalue weighted by Crippen LogP contribution is 2.36. The zero-order valence-corrected chi connectivity index (χ0v) is 17.7. The normalized spacial score (nSPS) is 14.1. The van der Waals surface area contributed by atoms with Crippen molar-refractivity contribution in [2.24, 2.45) is 0 Å². The van der Waals surface area contributed by atoms with E-state index >= 15 is 0 Å². The molecule has 0 saturated heterocycles. The van der Waals surface area contributed by atoms with Crippen LogP contribution >= 0.6 is 0 Å². The molecule has 146 valence electrons. The van der Waals surface area contributed by atoms with Gasteiger partial charge in [0, 0.05) is 38.5 Å². The van der Waals surface area contributed by atoms with Gasteiger partial charge in [-0.2, -0.15) is 0 Å². The fraction of sp³-hybridized carbons (Fsp3) is 1.00. The first-order valence-corrected chi connectivity index (χ1v) is 14.0. The summed E-state index contributed by atoms with van der Waals surface area (Å²) in [6.45, 7) is 2.19. The quantitative estimate of drug-likeness (QED) is 0.238. The topological polar surface area (TPSA) is 99.4 Å². The average molecular weight is 383 g/mol. The van der Waals surface area contributed by atoms with Crippen LogP contribution < -0.4 is 0 Å². The molecule has 0 aromatic carbocycles. The van der Waals surface area contributed by atoms with E-state index in [4.69, 9.17) is 8.85 Å². The number of hydrogen-bond acceptors (Lipinski definition) is 6. The van der Waals surface area contributed by atoms with Crippen LogP contribution in [0.3, 0.4) is 0 Å². The Balaban J connectivity index is 4.95. The Morgan fingerprint density at radius 2 is 1.25 bits per heavy atom. The van der Waals surface area contributed by atoms with Crippen LogP contribution in [0.4, 0.5) is 0 Å².